The van der Waals surface area contributed by atoms with E-state index in [1.807, 2.05) is 50.2 Å². The van der Waals surface area contributed by atoms with E-state index in [4.69, 9.17) is 0 Å². The van der Waals surface area contributed by atoms with E-state index in [1.54, 1.807) is 25.1 Å². The number of carbonyl (C=O) groups excluding carboxylic acids is 1. The number of rotatable bonds is 6. The summed E-state index contributed by atoms with van der Waals surface area (Å²) in [5.41, 5.74) is 2.37. The number of aryl methyl sites for hydroxylation is 1. The Bertz CT molecular complexity index is 835. The summed E-state index contributed by atoms with van der Waals surface area (Å²) in [5, 5.41) is 2.89. The van der Waals surface area contributed by atoms with Crippen molar-refractivity contribution < 1.29 is 13.2 Å². The summed E-state index contributed by atoms with van der Waals surface area (Å²) in [4.78, 5) is 12.7. The Kier molecular flexibility index (Phi) is 5.85. The minimum atomic E-state index is -3.61. The van der Waals surface area contributed by atoms with Crippen LogP contribution in [0.15, 0.2) is 54.6 Å². The maximum absolute atomic E-state index is 12.7. The number of sulfonamides is 1. The first kappa shape index (κ1) is 19.0. The first-order chi connectivity index (χ1) is 11.7. The van der Waals surface area contributed by atoms with E-state index in [2.05, 4.69) is 5.32 Å². The highest BCUT2D eigenvalue weighted by Crippen LogP contribution is 2.22. The van der Waals surface area contributed by atoms with Gasteiger partial charge in [-0.1, -0.05) is 42.5 Å². The van der Waals surface area contributed by atoms with Gasteiger partial charge in [0.05, 0.1) is 18.0 Å². The molecule has 134 valence electrons. The Labute approximate surface area is 149 Å². The Morgan fingerprint density at radius 2 is 1.68 bits per heavy atom. The molecule has 0 aliphatic carbocycles. The molecule has 6 heteroatoms. The molecule has 5 nitrogen and oxygen atoms in total. The number of hydrogen-bond acceptors (Lipinski definition) is 3. The molecule has 1 amide bonds. The van der Waals surface area contributed by atoms with Crippen LogP contribution >= 0.6 is 0 Å². The molecule has 0 spiro atoms. The topological polar surface area (TPSA) is 66.5 Å². The van der Waals surface area contributed by atoms with E-state index in [9.17, 15) is 13.2 Å². The molecule has 0 bridgehead atoms. The fraction of sp³-hybridized carbons (Fsp3) is 0.316. The Morgan fingerprint density at radius 3 is 2.24 bits per heavy atom. The van der Waals surface area contributed by atoms with Crippen molar-refractivity contribution in [3.63, 3.8) is 0 Å². The van der Waals surface area contributed by atoms with Gasteiger partial charge in [-0.05, 0) is 44.0 Å². The van der Waals surface area contributed by atoms with Gasteiger partial charge < -0.3 is 5.32 Å². The molecule has 0 radical (unpaired) electrons. The van der Waals surface area contributed by atoms with Crippen molar-refractivity contribution in [2.45, 2.75) is 32.9 Å². The molecule has 2 aromatic rings. The summed E-state index contributed by atoms with van der Waals surface area (Å²) in [6.07, 6.45) is 1.11. The van der Waals surface area contributed by atoms with Crippen LogP contribution in [0.1, 0.15) is 31.0 Å². The standard InChI is InChI=1S/C19H24N2O3S/c1-14-9-8-12-18(13-14)21(25(4,23)24)16(3)19(22)20-15(2)17-10-6-5-7-11-17/h5-13,15-16H,1-4H3,(H,20,22)/t15-,16-/m1/s1. The summed E-state index contributed by atoms with van der Waals surface area (Å²) < 4.78 is 25.7. The summed E-state index contributed by atoms with van der Waals surface area (Å²) in [7, 11) is -3.61. The highest BCUT2D eigenvalue weighted by molar-refractivity contribution is 7.92. The number of hydrogen-bond donors (Lipinski definition) is 1. The lowest BCUT2D eigenvalue weighted by atomic mass is 10.1. The predicted octanol–water partition coefficient (Wildman–Crippen LogP) is 3.03. The molecule has 0 saturated heterocycles. The Balaban J connectivity index is 2.24. The second-order valence-electron chi connectivity index (χ2n) is 6.21. The van der Waals surface area contributed by atoms with Crippen LogP contribution in [0.4, 0.5) is 5.69 Å². The fourth-order valence-corrected chi connectivity index (χ4v) is 3.90. The molecule has 0 fully saturated rings. The summed E-state index contributed by atoms with van der Waals surface area (Å²) in [6.45, 7) is 5.35. The molecule has 2 rings (SSSR count). The molecule has 0 unspecified atom stereocenters. The summed E-state index contributed by atoms with van der Waals surface area (Å²) in [5.74, 6) is -0.344. The Morgan fingerprint density at radius 1 is 1.04 bits per heavy atom. The largest absolute Gasteiger partial charge is 0.348 e. The minimum Gasteiger partial charge on any atom is -0.348 e. The van der Waals surface area contributed by atoms with Crippen molar-refractivity contribution in [3.05, 3.63) is 65.7 Å². The van der Waals surface area contributed by atoms with Crippen LogP contribution in [-0.2, 0) is 14.8 Å². The molecule has 0 saturated carbocycles. The van der Waals surface area contributed by atoms with Crippen molar-refractivity contribution in [1.82, 2.24) is 5.32 Å². The molecule has 2 aromatic carbocycles. The highest BCUT2D eigenvalue weighted by Gasteiger charge is 2.29. The van der Waals surface area contributed by atoms with Gasteiger partial charge >= 0.3 is 0 Å². The van der Waals surface area contributed by atoms with Gasteiger partial charge in [0, 0.05) is 0 Å². The van der Waals surface area contributed by atoms with Crippen molar-refractivity contribution >= 4 is 21.6 Å². The molecule has 0 aliphatic rings. The molecular weight excluding hydrogens is 336 g/mol. The third-order valence-electron chi connectivity index (χ3n) is 4.00. The van der Waals surface area contributed by atoms with Crippen molar-refractivity contribution in [2.24, 2.45) is 0 Å². The van der Waals surface area contributed by atoms with Crippen molar-refractivity contribution in [1.29, 1.82) is 0 Å². The van der Waals surface area contributed by atoms with Crippen LogP contribution in [-0.4, -0.2) is 26.6 Å². The molecule has 0 aliphatic heterocycles. The van der Waals surface area contributed by atoms with Crippen LogP contribution in [0, 0.1) is 6.92 Å². The quantitative estimate of drug-likeness (QED) is 0.861. The first-order valence-corrected chi connectivity index (χ1v) is 9.96. The zero-order valence-corrected chi connectivity index (χ0v) is 15.7. The zero-order valence-electron chi connectivity index (χ0n) is 14.9. The zero-order chi connectivity index (χ0) is 18.6. The second kappa shape index (κ2) is 7.70. The second-order valence-corrected chi connectivity index (χ2v) is 8.07. The average molecular weight is 360 g/mol. The number of amides is 1. The predicted molar refractivity (Wildman–Crippen MR) is 101 cm³/mol. The SMILES string of the molecule is Cc1cccc(N([C@H](C)C(=O)N[C@H](C)c2ccccc2)S(C)(=O)=O)c1. The van der Waals surface area contributed by atoms with Gasteiger partial charge in [-0.3, -0.25) is 9.10 Å². The number of nitrogens with zero attached hydrogens (tertiary/aromatic N) is 1. The first-order valence-electron chi connectivity index (χ1n) is 8.11. The molecule has 2 atom stereocenters. The van der Waals surface area contributed by atoms with Crippen molar-refractivity contribution in [2.75, 3.05) is 10.6 Å². The van der Waals surface area contributed by atoms with E-state index in [0.717, 1.165) is 21.7 Å². The summed E-state index contributed by atoms with van der Waals surface area (Å²) in [6, 6.07) is 15.6. The molecule has 0 aromatic heterocycles. The maximum atomic E-state index is 12.7. The van der Waals surface area contributed by atoms with Gasteiger partial charge in [-0.25, -0.2) is 8.42 Å². The number of anilines is 1. The highest BCUT2D eigenvalue weighted by atomic mass is 32.2. The average Bonchev–Trinajstić information content (AvgIpc) is 2.54. The van der Waals surface area contributed by atoms with Gasteiger partial charge in [0.1, 0.15) is 6.04 Å². The number of nitrogens with one attached hydrogen (secondary N) is 1. The number of carbonyl (C=O) groups is 1. The molecule has 0 heterocycles. The van der Waals surface area contributed by atoms with Gasteiger partial charge in [0.15, 0.2) is 0 Å². The molecule has 25 heavy (non-hydrogen) atoms. The molecule has 1 N–H and O–H groups in total. The van der Waals surface area contributed by atoms with Gasteiger partial charge in [-0.2, -0.15) is 0 Å². The number of benzene rings is 2. The van der Waals surface area contributed by atoms with Crippen LogP contribution in [0.3, 0.4) is 0 Å². The monoisotopic (exact) mass is 360 g/mol. The maximum Gasteiger partial charge on any atom is 0.244 e. The summed E-state index contributed by atoms with van der Waals surface area (Å²) >= 11 is 0. The van der Waals surface area contributed by atoms with E-state index in [1.165, 1.54) is 0 Å². The minimum absolute atomic E-state index is 0.213. The third kappa shape index (κ3) is 4.82. The van der Waals surface area contributed by atoms with Crippen LogP contribution in [0.25, 0.3) is 0 Å². The third-order valence-corrected chi connectivity index (χ3v) is 5.24. The molecular formula is C19H24N2O3S. The Hall–Kier alpha value is -2.34. The lowest BCUT2D eigenvalue weighted by molar-refractivity contribution is -0.122. The van der Waals surface area contributed by atoms with E-state index in [0.29, 0.717) is 5.69 Å². The van der Waals surface area contributed by atoms with Gasteiger partial charge in [-0.15, -0.1) is 0 Å². The van der Waals surface area contributed by atoms with E-state index >= 15 is 0 Å². The fourth-order valence-electron chi connectivity index (χ4n) is 2.73. The van der Waals surface area contributed by atoms with Crippen LogP contribution < -0.4 is 9.62 Å². The van der Waals surface area contributed by atoms with Crippen LogP contribution in [0.5, 0.6) is 0 Å². The van der Waals surface area contributed by atoms with Gasteiger partial charge in [0.2, 0.25) is 15.9 Å². The van der Waals surface area contributed by atoms with E-state index < -0.39 is 16.1 Å². The van der Waals surface area contributed by atoms with Gasteiger partial charge in [0.25, 0.3) is 0 Å². The van der Waals surface area contributed by atoms with Crippen molar-refractivity contribution in [3.8, 4) is 0 Å². The van der Waals surface area contributed by atoms with Crippen LogP contribution in [0.2, 0.25) is 0 Å². The smallest absolute Gasteiger partial charge is 0.244 e. The lowest BCUT2D eigenvalue weighted by Gasteiger charge is -2.29. The van der Waals surface area contributed by atoms with E-state index in [-0.39, 0.29) is 11.9 Å². The normalized spacial score (nSPS) is 13.8. The lowest BCUT2D eigenvalue weighted by Crippen LogP contribution is -2.48.